The monoisotopic (exact) mass is 668 g/mol. The van der Waals surface area contributed by atoms with Crippen LogP contribution in [0, 0.1) is 6.92 Å². The van der Waals surface area contributed by atoms with Gasteiger partial charge in [0.25, 0.3) is 0 Å². The first-order valence-electron chi connectivity index (χ1n) is 14.5. The van der Waals surface area contributed by atoms with Crippen molar-refractivity contribution in [2.75, 3.05) is 26.9 Å². The topological polar surface area (TPSA) is 129 Å². The maximum absolute atomic E-state index is 11.8. The molecule has 1 aliphatic heterocycles. The number of methoxy groups -OCH3 is 1. The molecule has 0 spiro atoms. The van der Waals surface area contributed by atoms with Gasteiger partial charge in [0, 0.05) is 24.2 Å². The van der Waals surface area contributed by atoms with Crippen molar-refractivity contribution in [3.05, 3.63) is 93.1 Å². The molecule has 12 heteroatoms. The van der Waals surface area contributed by atoms with Crippen molar-refractivity contribution in [2.24, 2.45) is 0 Å². The first kappa shape index (κ1) is 33.2. The molecule has 4 aromatic rings. The van der Waals surface area contributed by atoms with Crippen molar-refractivity contribution in [1.82, 2.24) is 10.3 Å². The molecule has 0 unspecified atom stereocenters. The van der Waals surface area contributed by atoms with Gasteiger partial charge in [0.1, 0.15) is 48.6 Å². The molecule has 1 aliphatic rings. The minimum absolute atomic E-state index is 0.0375. The number of halogens is 2. The predicted molar refractivity (Wildman–Crippen MR) is 173 cm³/mol. The summed E-state index contributed by atoms with van der Waals surface area (Å²) in [6.45, 7) is 4.20. The third kappa shape index (κ3) is 7.59. The van der Waals surface area contributed by atoms with Crippen molar-refractivity contribution in [2.45, 2.75) is 39.1 Å². The molecule has 0 saturated heterocycles. The average molecular weight is 670 g/mol. The van der Waals surface area contributed by atoms with Gasteiger partial charge >= 0.3 is 5.97 Å². The highest BCUT2D eigenvalue weighted by molar-refractivity contribution is 6.32. The van der Waals surface area contributed by atoms with Crippen LogP contribution in [0.2, 0.25) is 10.2 Å². The number of nitrogens with one attached hydrogen (secondary N) is 1. The maximum Gasteiger partial charge on any atom is 0.326 e. The second-order valence-corrected chi connectivity index (χ2v) is 11.7. The lowest BCUT2D eigenvalue weighted by Crippen LogP contribution is -2.52. The summed E-state index contributed by atoms with van der Waals surface area (Å²) >= 11 is 12.8. The van der Waals surface area contributed by atoms with Crippen LogP contribution in [-0.4, -0.2) is 53.6 Å². The van der Waals surface area contributed by atoms with Gasteiger partial charge < -0.3 is 33.9 Å². The smallest absolute Gasteiger partial charge is 0.326 e. The number of aliphatic carboxylic acids is 1. The normalized spacial score (nSPS) is 13.5. The number of rotatable bonds is 13. The molecule has 0 fully saturated rings. The van der Waals surface area contributed by atoms with E-state index in [4.69, 9.17) is 46.9 Å². The SMILES string of the molecule is COc1cc(COc2cc(OCc3cccc(-c4ccc5c(c4)OCCO5)c3C)c(Cl)cc2CN[C@@](C)(CO)C(=O)O)cc(Cl)n1. The van der Waals surface area contributed by atoms with Crippen molar-refractivity contribution in [3.63, 3.8) is 0 Å². The summed E-state index contributed by atoms with van der Waals surface area (Å²) in [6, 6.07) is 18.6. The van der Waals surface area contributed by atoms with Crippen LogP contribution in [0.25, 0.3) is 11.1 Å². The number of carboxylic acid groups (broad SMARTS) is 1. The number of nitrogens with zero attached hydrogens (tertiary/aromatic N) is 1. The van der Waals surface area contributed by atoms with Gasteiger partial charge in [0.05, 0.1) is 18.7 Å². The number of aliphatic hydroxyl groups excluding tert-OH is 1. The summed E-state index contributed by atoms with van der Waals surface area (Å²) in [5.74, 6) is 1.35. The van der Waals surface area contributed by atoms with Gasteiger partial charge in [-0.25, -0.2) is 4.98 Å². The molecule has 2 heterocycles. The summed E-state index contributed by atoms with van der Waals surface area (Å²) in [4.78, 5) is 15.9. The fourth-order valence-electron chi connectivity index (χ4n) is 4.84. The molecule has 3 aromatic carbocycles. The molecule has 46 heavy (non-hydrogen) atoms. The lowest BCUT2D eigenvalue weighted by molar-refractivity contribution is -0.145. The molecular formula is C34H34Cl2N2O8. The second kappa shape index (κ2) is 14.5. The molecular weight excluding hydrogens is 635 g/mol. The largest absolute Gasteiger partial charge is 0.488 e. The lowest BCUT2D eigenvalue weighted by Gasteiger charge is -2.25. The number of hydrogen-bond donors (Lipinski definition) is 3. The molecule has 242 valence electrons. The van der Waals surface area contributed by atoms with Crippen LogP contribution in [-0.2, 0) is 24.6 Å². The van der Waals surface area contributed by atoms with E-state index in [9.17, 15) is 15.0 Å². The van der Waals surface area contributed by atoms with Gasteiger partial charge in [-0.3, -0.25) is 10.1 Å². The van der Waals surface area contributed by atoms with E-state index < -0.39 is 18.1 Å². The van der Waals surface area contributed by atoms with E-state index in [1.165, 1.54) is 14.0 Å². The molecule has 3 N–H and O–H groups in total. The van der Waals surface area contributed by atoms with Gasteiger partial charge in [-0.15, -0.1) is 0 Å². The lowest BCUT2D eigenvalue weighted by atomic mass is 9.96. The Kier molecular flexibility index (Phi) is 10.4. The fourth-order valence-corrected chi connectivity index (χ4v) is 5.30. The molecule has 0 radical (unpaired) electrons. The maximum atomic E-state index is 11.8. The standard InChI is InChI=1S/C34H34Cl2N2O8/c1-20-23(5-4-6-25(20)22-7-8-27-30(14-22)44-10-9-43-27)18-46-29-15-28(45-17-21-11-31(36)38-32(12-21)42-3)24(13-26(29)35)16-37-34(2,19-39)33(40)41/h4-8,11-15,37,39H,9-10,16-19H2,1-3H3,(H,40,41)/t34-/m0/s1. The Bertz CT molecular complexity index is 1730. The summed E-state index contributed by atoms with van der Waals surface area (Å²) in [7, 11) is 1.49. The highest BCUT2D eigenvalue weighted by Crippen LogP contribution is 2.38. The van der Waals surface area contributed by atoms with Crippen LogP contribution in [0.15, 0.2) is 60.7 Å². The number of ether oxygens (including phenoxy) is 5. The van der Waals surface area contributed by atoms with E-state index in [2.05, 4.69) is 10.3 Å². The van der Waals surface area contributed by atoms with Gasteiger partial charge in [0.15, 0.2) is 11.5 Å². The number of aromatic nitrogens is 1. The van der Waals surface area contributed by atoms with Crippen molar-refractivity contribution < 1.29 is 38.7 Å². The Hall–Kier alpha value is -4.22. The first-order chi connectivity index (χ1) is 22.1. The molecule has 1 aromatic heterocycles. The molecule has 0 saturated carbocycles. The molecule has 0 amide bonds. The Morgan fingerprint density at radius 1 is 0.978 bits per heavy atom. The highest BCUT2D eigenvalue weighted by Gasteiger charge is 2.32. The number of benzene rings is 3. The zero-order chi connectivity index (χ0) is 32.8. The average Bonchev–Trinajstić information content (AvgIpc) is 3.06. The Balaban J connectivity index is 1.40. The van der Waals surface area contributed by atoms with E-state index in [1.807, 2.05) is 43.3 Å². The van der Waals surface area contributed by atoms with Crippen molar-refractivity contribution in [3.8, 4) is 40.0 Å². The zero-order valence-corrected chi connectivity index (χ0v) is 27.1. The highest BCUT2D eigenvalue weighted by atomic mass is 35.5. The third-order valence-electron chi connectivity index (χ3n) is 7.69. The Morgan fingerprint density at radius 2 is 1.74 bits per heavy atom. The van der Waals surface area contributed by atoms with Gasteiger partial charge in [-0.05, 0) is 65.9 Å². The van der Waals surface area contributed by atoms with Gasteiger partial charge in [0.2, 0.25) is 5.88 Å². The van der Waals surface area contributed by atoms with E-state index in [-0.39, 0.29) is 24.9 Å². The number of carboxylic acids is 1. The molecule has 0 bridgehead atoms. The van der Waals surface area contributed by atoms with Crippen LogP contribution in [0.4, 0.5) is 0 Å². The summed E-state index contributed by atoms with van der Waals surface area (Å²) in [5.41, 5.74) is 3.70. The van der Waals surface area contributed by atoms with Gasteiger partial charge in [-0.2, -0.15) is 0 Å². The van der Waals surface area contributed by atoms with Crippen LogP contribution >= 0.6 is 23.2 Å². The number of hydrogen-bond acceptors (Lipinski definition) is 9. The summed E-state index contributed by atoms with van der Waals surface area (Å²) in [6.07, 6.45) is 0. The molecule has 10 nitrogen and oxygen atoms in total. The first-order valence-corrected chi connectivity index (χ1v) is 15.2. The van der Waals surface area contributed by atoms with E-state index in [0.29, 0.717) is 52.5 Å². The Labute approximate surface area is 276 Å². The van der Waals surface area contributed by atoms with Crippen molar-refractivity contribution in [1.29, 1.82) is 0 Å². The number of pyridine rings is 1. The van der Waals surface area contributed by atoms with E-state index in [1.54, 1.807) is 24.3 Å². The summed E-state index contributed by atoms with van der Waals surface area (Å²) in [5, 5.41) is 22.8. The molecule has 1 atom stereocenters. The fraction of sp³-hybridized carbons (Fsp3) is 0.294. The summed E-state index contributed by atoms with van der Waals surface area (Å²) < 4.78 is 29.1. The Morgan fingerprint density at radius 3 is 2.48 bits per heavy atom. The van der Waals surface area contributed by atoms with Crippen LogP contribution in [0.1, 0.15) is 29.2 Å². The van der Waals surface area contributed by atoms with Crippen LogP contribution in [0.5, 0.6) is 28.9 Å². The number of fused-ring (bicyclic) bond motifs is 1. The predicted octanol–water partition coefficient (Wildman–Crippen LogP) is 6.23. The molecule has 5 rings (SSSR count). The van der Waals surface area contributed by atoms with Crippen molar-refractivity contribution >= 4 is 29.2 Å². The van der Waals surface area contributed by atoms with Gasteiger partial charge in [-0.1, -0.05) is 47.5 Å². The number of carbonyl (C=O) groups is 1. The number of aliphatic hydroxyl groups is 1. The zero-order valence-electron chi connectivity index (χ0n) is 25.6. The third-order valence-corrected chi connectivity index (χ3v) is 8.18. The second-order valence-electron chi connectivity index (χ2n) is 10.9. The van der Waals surface area contributed by atoms with Crippen LogP contribution < -0.4 is 29.0 Å². The van der Waals surface area contributed by atoms with E-state index >= 15 is 0 Å². The van der Waals surface area contributed by atoms with Crippen LogP contribution in [0.3, 0.4) is 0 Å². The minimum atomic E-state index is -1.58. The minimum Gasteiger partial charge on any atom is -0.488 e. The molecule has 0 aliphatic carbocycles. The quantitative estimate of drug-likeness (QED) is 0.141. The van der Waals surface area contributed by atoms with E-state index in [0.717, 1.165) is 28.0 Å².